The molecule has 2 N–H and O–H groups in total. The maximum Gasteiger partial charge on any atom is 0.217 e. The van der Waals surface area contributed by atoms with Crippen molar-refractivity contribution in [3.8, 4) is 0 Å². The highest BCUT2D eigenvalue weighted by Crippen LogP contribution is 2.35. The van der Waals surface area contributed by atoms with Gasteiger partial charge >= 0.3 is 0 Å². The van der Waals surface area contributed by atoms with Crippen LogP contribution in [0.1, 0.15) is 37.1 Å². The van der Waals surface area contributed by atoms with Crippen molar-refractivity contribution in [2.45, 2.75) is 32.2 Å². The highest BCUT2D eigenvalue weighted by atomic mass is 35.5. The molecule has 94 valence electrons. The number of amides is 1. The molecule has 1 heterocycles. The van der Waals surface area contributed by atoms with E-state index in [0.29, 0.717) is 0 Å². The number of H-pyrrole nitrogens is 1. The molecule has 1 aromatic carbocycles. The summed E-state index contributed by atoms with van der Waals surface area (Å²) in [5, 5.41) is 4.95. The molecule has 0 aliphatic heterocycles. The van der Waals surface area contributed by atoms with E-state index in [1.807, 2.05) is 18.2 Å². The minimum absolute atomic E-state index is 0.0181. The lowest BCUT2D eigenvalue weighted by Crippen LogP contribution is -2.28. The number of hydrogen-bond donors (Lipinski definition) is 2. The monoisotopic (exact) mass is 262 g/mol. The second-order valence-electron chi connectivity index (χ2n) is 4.85. The molecule has 18 heavy (non-hydrogen) atoms. The van der Waals surface area contributed by atoms with E-state index in [9.17, 15) is 4.79 Å². The quantitative estimate of drug-likeness (QED) is 0.813. The summed E-state index contributed by atoms with van der Waals surface area (Å²) in [5.41, 5.74) is 3.55. The van der Waals surface area contributed by atoms with Crippen LogP contribution < -0.4 is 5.32 Å². The van der Waals surface area contributed by atoms with Gasteiger partial charge in [0.05, 0.1) is 6.04 Å². The summed E-state index contributed by atoms with van der Waals surface area (Å²) in [6, 6.07) is 6.00. The van der Waals surface area contributed by atoms with Gasteiger partial charge in [-0.2, -0.15) is 0 Å². The average Bonchev–Trinajstić information content (AvgIpc) is 2.68. The topological polar surface area (TPSA) is 44.9 Å². The van der Waals surface area contributed by atoms with Crippen LogP contribution in [0.25, 0.3) is 10.9 Å². The van der Waals surface area contributed by atoms with E-state index in [2.05, 4.69) is 10.3 Å². The number of fused-ring (bicyclic) bond motifs is 3. The van der Waals surface area contributed by atoms with Crippen LogP contribution in [0.2, 0.25) is 5.02 Å². The number of aromatic amines is 1. The molecule has 0 saturated carbocycles. The van der Waals surface area contributed by atoms with Gasteiger partial charge in [-0.05, 0) is 43.0 Å². The molecule has 0 bridgehead atoms. The van der Waals surface area contributed by atoms with Crippen LogP contribution in [-0.2, 0) is 11.2 Å². The molecule has 1 aromatic heterocycles. The minimum atomic E-state index is 0.0181. The Morgan fingerprint density at radius 2 is 2.33 bits per heavy atom. The molecule has 1 amide bonds. The highest BCUT2D eigenvalue weighted by Gasteiger charge is 2.24. The third-order valence-electron chi connectivity index (χ3n) is 3.55. The fourth-order valence-corrected chi connectivity index (χ4v) is 3.00. The molecule has 0 spiro atoms. The van der Waals surface area contributed by atoms with Gasteiger partial charge < -0.3 is 10.3 Å². The molecule has 4 heteroatoms. The molecular weight excluding hydrogens is 248 g/mol. The summed E-state index contributed by atoms with van der Waals surface area (Å²) in [4.78, 5) is 14.7. The number of aromatic nitrogens is 1. The standard InChI is InChI=1S/C14H15ClN2O/c1-8(18)16-13-4-2-3-10-11-7-9(15)5-6-12(11)17-14(10)13/h5-7,13,17H,2-4H2,1H3,(H,16,18). The Balaban J connectivity index is 2.12. The summed E-state index contributed by atoms with van der Waals surface area (Å²) >= 11 is 6.06. The van der Waals surface area contributed by atoms with Gasteiger partial charge in [0.15, 0.2) is 0 Å². The molecule has 0 fully saturated rings. The van der Waals surface area contributed by atoms with Crippen molar-refractivity contribution in [2.24, 2.45) is 0 Å². The third kappa shape index (κ3) is 1.89. The van der Waals surface area contributed by atoms with Gasteiger partial charge in [0.2, 0.25) is 5.91 Å². The van der Waals surface area contributed by atoms with Gasteiger partial charge in [-0.15, -0.1) is 0 Å². The SMILES string of the molecule is CC(=O)NC1CCCc2c1[nH]c1ccc(Cl)cc21. The largest absolute Gasteiger partial charge is 0.356 e. The number of hydrogen-bond acceptors (Lipinski definition) is 1. The molecule has 0 saturated heterocycles. The lowest BCUT2D eigenvalue weighted by atomic mass is 9.91. The number of carbonyl (C=O) groups excluding carboxylic acids is 1. The highest BCUT2D eigenvalue weighted by molar-refractivity contribution is 6.31. The zero-order valence-corrected chi connectivity index (χ0v) is 11.0. The first-order valence-corrected chi connectivity index (χ1v) is 6.60. The smallest absolute Gasteiger partial charge is 0.217 e. The van der Waals surface area contributed by atoms with Gasteiger partial charge in [-0.1, -0.05) is 11.6 Å². The Kier molecular flexibility index (Phi) is 2.78. The van der Waals surface area contributed by atoms with E-state index >= 15 is 0 Å². The Morgan fingerprint density at radius 1 is 1.50 bits per heavy atom. The minimum Gasteiger partial charge on any atom is -0.356 e. The molecule has 1 aliphatic carbocycles. The Labute approximate surface area is 111 Å². The first-order chi connectivity index (χ1) is 8.65. The van der Waals surface area contributed by atoms with Crippen LogP contribution in [0.15, 0.2) is 18.2 Å². The molecule has 1 atom stereocenters. The van der Waals surface area contributed by atoms with Crippen LogP contribution in [-0.4, -0.2) is 10.9 Å². The van der Waals surface area contributed by atoms with Crippen LogP contribution in [0, 0.1) is 0 Å². The molecule has 0 radical (unpaired) electrons. The van der Waals surface area contributed by atoms with Gasteiger partial charge in [0.1, 0.15) is 0 Å². The van der Waals surface area contributed by atoms with E-state index in [0.717, 1.165) is 35.5 Å². The van der Waals surface area contributed by atoms with Crippen molar-refractivity contribution >= 4 is 28.4 Å². The van der Waals surface area contributed by atoms with Crippen LogP contribution in [0.4, 0.5) is 0 Å². The summed E-state index contributed by atoms with van der Waals surface area (Å²) in [7, 11) is 0. The second kappa shape index (κ2) is 4.32. The number of rotatable bonds is 1. The number of aryl methyl sites for hydroxylation is 1. The molecular formula is C14H15ClN2O. The number of nitrogens with one attached hydrogen (secondary N) is 2. The maximum atomic E-state index is 11.2. The van der Waals surface area contributed by atoms with Crippen molar-refractivity contribution in [3.05, 3.63) is 34.5 Å². The molecule has 3 nitrogen and oxygen atoms in total. The lowest BCUT2D eigenvalue weighted by molar-refractivity contribution is -0.119. The third-order valence-corrected chi connectivity index (χ3v) is 3.78. The van der Waals surface area contributed by atoms with E-state index < -0.39 is 0 Å². The van der Waals surface area contributed by atoms with Crippen molar-refractivity contribution in [1.82, 2.24) is 10.3 Å². The summed E-state index contributed by atoms with van der Waals surface area (Å²) in [6.07, 6.45) is 3.14. The lowest BCUT2D eigenvalue weighted by Gasteiger charge is -2.23. The van der Waals surface area contributed by atoms with E-state index in [1.54, 1.807) is 6.92 Å². The van der Waals surface area contributed by atoms with Crippen LogP contribution >= 0.6 is 11.6 Å². The summed E-state index contributed by atoms with van der Waals surface area (Å²) in [6.45, 7) is 1.56. The second-order valence-corrected chi connectivity index (χ2v) is 5.29. The fourth-order valence-electron chi connectivity index (χ4n) is 2.82. The zero-order valence-electron chi connectivity index (χ0n) is 10.2. The van der Waals surface area contributed by atoms with Gasteiger partial charge in [-0.3, -0.25) is 4.79 Å². The molecule has 1 aliphatic rings. The zero-order chi connectivity index (χ0) is 12.7. The van der Waals surface area contributed by atoms with E-state index in [1.165, 1.54) is 10.9 Å². The summed E-state index contributed by atoms with van der Waals surface area (Å²) in [5.74, 6) is 0.0181. The Morgan fingerprint density at radius 3 is 3.11 bits per heavy atom. The molecule has 2 aromatic rings. The molecule has 1 unspecified atom stereocenters. The van der Waals surface area contributed by atoms with Gasteiger partial charge in [0.25, 0.3) is 0 Å². The van der Waals surface area contributed by atoms with E-state index in [-0.39, 0.29) is 11.9 Å². The first-order valence-electron chi connectivity index (χ1n) is 6.22. The van der Waals surface area contributed by atoms with Gasteiger partial charge in [-0.25, -0.2) is 0 Å². The number of benzene rings is 1. The number of carbonyl (C=O) groups is 1. The van der Waals surface area contributed by atoms with Crippen molar-refractivity contribution in [2.75, 3.05) is 0 Å². The van der Waals surface area contributed by atoms with E-state index in [4.69, 9.17) is 11.6 Å². The average molecular weight is 263 g/mol. The summed E-state index contributed by atoms with van der Waals surface area (Å²) < 4.78 is 0. The van der Waals surface area contributed by atoms with Crippen LogP contribution in [0.5, 0.6) is 0 Å². The van der Waals surface area contributed by atoms with Crippen molar-refractivity contribution < 1.29 is 4.79 Å². The maximum absolute atomic E-state index is 11.2. The Bertz CT molecular complexity index is 618. The number of halogens is 1. The van der Waals surface area contributed by atoms with Gasteiger partial charge in [0, 0.05) is 28.5 Å². The predicted octanol–water partition coefficient (Wildman–Crippen LogP) is 3.33. The Hall–Kier alpha value is -1.48. The van der Waals surface area contributed by atoms with Crippen molar-refractivity contribution in [3.63, 3.8) is 0 Å². The fraction of sp³-hybridized carbons (Fsp3) is 0.357. The molecule has 3 rings (SSSR count). The van der Waals surface area contributed by atoms with Crippen LogP contribution in [0.3, 0.4) is 0 Å². The van der Waals surface area contributed by atoms with Crippen molar-refractivity contribution in [1.29, 1.82) is 0 Å². The predicted molar refractivity (Wildman–Crippen MR) is 72.8 cm³/mol. The first kappa shape index (κ1) is 11.6. The normalized spacial score (nSPS) is 18.7.